The smallest absolute Gasteiger partial charge is 0.260 e. The van der Waals surface area contributed by atoms with Crippen molar-refractivity contribution in [2.24, 2.45) is 23.7 Å². The zero-order chi connectivity index (χ0) is 36.6. The summed E-state index contributed by atoms with van der Waals surface area (Å²) in [5.74, 6) is -7.02. The maximum absolute atomic E-state index is 15.2. The summed E-state index contributed by atoms with van der Waals surface area (Å²) in [6, 6.07) is 23.1. The number of allylic oxidation sites excluding steroid dienone is 2. The Morgan fingerprint density at radius 1 is 0.904 bits per heavy atom. The number of hydrogen-bond acceptors (Lipinski definition) is 7. The quantitative estimate of drug-likeness (QED) is 0.119. The average Bonchev–Trinajstić information content (AvgIpc) is 3.51. The van der Waals surface area contributed by atoms with Gasteiger partial charge in [-0.25, -0.2) is 4.39 Å². The van der Waals surface area contributed by atoms with Gasteiger partial charge < -0.3 is 5.11 Å². The summed E-state index contributed by atoms with van der Waals surface area (Å²) in [6.45, 7) is 1.43. The SMILES string of the molecule is CC(=O)c1ccc(N2C(=O)C3CC=C4C(CC5C(=O)N(Nc6ccc(F)cc6)C(=O)C5(c5ccc(Cl)cc5)C4c4cc(Br)ccc4O)C3C2=O)cc1. The molecule has 0 radical (unpaired) electrons. The van der Waals surface area contributed by atoms with E-state index in [1.807, 2.05) is 6.08 Å². The van der Waals surface area contributed by atoms with Gasteiger partial charge in [0, 0.05) is 26.5 Å². The first-order valence-corrected chi connectivity index (χ1v) is 17.9. The van der Waals surface area contributed by atoms with Crippen LogP contribution < -0.4 is 10.3 Å². The van der Waals surface area contributed by atoms with E-state index in [1.165, 1.54) is 37.3 Å². The van der Waals surface area contributed by atoms with Gasteiger partial charge in [-0.3, -0.25) is 34.3 Å². The van der Waals surface area contributed by atoms with Crippen LogP contribution in [-0.2, 0) is 24.6 Å². The Morgan fingerprint density at radius 3 is 2.27 bits per heavy atom. The third-order valence-electron chi connectivity index (χ3n) is 11.1. The second-order valence-electron chi connectivity index (χ2n) is 13.7. The monoisotopic (exact) mass is 781 g/mol. The molecule has 6 unspecified atom stereocenters. The van der Waals surface area contributed by atoms with Crippen LogP contribution in [0.4, 0.5) is 15.8 Å². The second-order valence-corrected chi connectivity index (χ2v) is 15.0. The molecule has 4 amide bonds. The van der Waals surface area contributed by atoms with Crippen molar-refractivity contribution >= 4 is 68.3 Å². The number of carbonyl (C=O) groups is 5. The van der Waals surface area contributed by atoms with Crippen LogP contribution in [0.2, 0.25) is 5.02 Å². The number of carbonyl (C=O) groups excluding carboxylic acids is 5. The Balaban J connectivity index is 1.31. The van der Waals surface area contributed by atoms with Crippen molar-refractivity contribution in [2.75, 3.05) is 10.3 Å². The average molecular weight is 783 g/mol. The minimum Gasteiger partial charge on any atom is -0.508 e. The number of halogens is 3. The number of phenols is 1. The second kappa shape index (κ2) is 12.5. The molecule has 2 heterocycles. The Bertz CT molecular complexity index is 2230. The Hall–Kier alpha value is -5.13. The van der Waals surface area contributed by atoms with Gasteiger partial charge in [-0.2, -0.15) is 5.01 Å². The van der Waals surface area contributed by atoms with E-state index in [2.05, 4.69) is 21.4 Å². The van der Waals surface area contributed by atoms with Crippen LogP contribution >= 0.6 is 27.5 Å². The number of hydrazine groups is 1. The van der Waals surface area contributed by atoms with Gasteiger partial charge in [0.2, 0.25) is 11.8 Å². The first kappa shape index (κ1) is 34.0. The van der Waals surface area contributed by atoms with E-state index >= 15 is 4.79 Å². The molecule has 0 aromatic heterocycles. The molecule has 8 rings (SSSR count). The predicted molar refractivity (Wildman–Crippen MR) is 194 cm³/mol. The zero-order valence-corrected chi connectivity index (χ0v) is 29.9. The third-order valence-corrected chi connectivity index (χ3v) is 11.8. The fourth-order valence-corrected chi connectivity index (χ4v) is 9.36. The summed E-state index contributed by atoms with van der Waals surface area (Å²) in [4.78, 5) is 71.5. The molecule has 2 aliphatic heterocycles. The number of Topliss-reactive ketones (excluding diaryl/α,β-unsaturated/α-hetero) is 1. The molecular formula is C40H30BrClFN3O6. The van der Waals surface area contributed by atoms with Crippen molar-refractivity contribution in [3.63, 3.8) is 0 Å². The van der Waals surface area contributed by atoms with Crippen molar-refractivity contribution < 1.29 is 33.5 Å². The number of nitrogens with one attached hydrogen (secondary N) is 1. The number of phenolic OH excluding ortho intramolecular Hbond substituents is 1. The Morgan fingerprint density at radius 2 is 1.60 bits per heavy atom. The van der Waals surface area contributed by atoms with E-state index < -0.39 is 58.5 Å². The molecule has 3 fully saturated rings. The molecule has 2 aliphatic carbocycles. The van der Waals surface area contributed by atoms with E-state index in [0.29, 0.717) is 43.1 Å². The molecule has 4 aromatic carbocycles. The topological polar surface area (TPSA) is 124 Å². The van der Waals surface area contributed by atoms with Gasteiger partial charge in [0.05, 0.1) is 34.5 Å². The van der Waals surface area contributed by atoms with E-state index in [4.69, 9.17) is 11.6 Å². The third kappa shape index (κ3) is 5.04. The molecule has 12 heteroatoms. The highest BCUT2D eigenvalue weighted by Crippen LogP contribution is 2.65. The number of amides is 4. The highest BCUT2D eigenvalue weighted by Gasteiger charge is 2.70. The van der Waals surface area contributed by atoms with E-state index in [1.54, 1.807) is 60.7 Å². The molecule has 0 spiro atoms. The Kier molecular flexibility index (Phi) is 8.18. The van der Waals surface area contributed by atoms with Crippen LogP contribution in [0, 0.1) is 29.5 Å². The summed E-state index contributed by atoms with van der Waals surface area (Å²) in [5.41, 5.74) is 3.87. The number of imide groups is 2. The molecule has 1 saturated carbocycles. The van der Waals surface area contributed by atoms with Crippen molar-refractivity contribution in [2.45, 2.75) is 31.1 Å². The Labute approximate surface area is 311 Å². The number of ketones is 1. The molecule has 4 aromatic rings. The number of nitrogens with zero attached hydrogens (tertiary/aromatic N) is 2. The highest BCUT2D eigenvalue weighted by molar-refractivity contribution is 9.10. The molecule has 4 aliphatic rings. The van der Waals surface area contributed by atoms with Gasteiger partial charge >= 0.3 is 0 Å². The van der Waals surface area contributed by atoms with Crippen LogP contribution in [0.3, 0.4) is 0 Å². The van der Waals surface area contributed by atoms with Gasteiger partial charge in [0.1, 0.15) is 11.6 Å². The van der Waals surface area contributed by atoms with Gasteiger partial charge in [-0.15, -0.1) is 0 Å². The molecule has 0 bridgehead atoms. The lowest BCUT2D eigenvalue weighted by molar-refractivity contribution is -0.138. The van der Waals surface area contributed by atoms with Crippen molar-refractivity contribution in [3.8, 4) is 5.75 Å². The number of hydrogen-bond donors (Lipinski definition) is 2. The first-order chi connectivity index (χ1) is 24.9. The molecule has 9 nitrogen and oxygen atoms in total. The van der Waals surface area contributed by atoms with Crippen LogP contribution in [-0.4, -0.2) is 39.5 Å². The maximum atomic E-state index is 15.2. The van der Waals surface area contributed by atoms with Gasteiger partial charge in [0.25, 0.3) is 11.8 Å². The zero-order valence-electron chi connectivity index (χ0n) is 27.6. The summed E-state index contributed by atoms with van der Waals surface area (Å²) < 4.78 is 14.5. The summed E-state index contributed by atoms with van der Waals surface area (Å²) in [7, 11) is 0. The summed E-state index contributed by atoms with van der Waals surface area (Å²) in [5, 5.41) is 12.9. The number of fused-ring (bicyclic) bond motifs is 4. The lowest BCUT2D eigenvalue weighted by atomic mass is 9.49. The number of aromatic hydroxyl groups is 1. The van der Waals surface area contributed by atoms with E-state index in [0.717, 1.165) is 9.91 Å². The van der Waals surface area contributed by atoms with Crippen LogP contribution in [0.15, 0.2) is 107 Å². The van der Waals surface area contributed by atoms with Gasteiger partial charge in [0.15, 0.2) is 5.78 Å². The van der Waals surface area contributed by atoms with Crippen molar-refractivity contribution in [1.29, 1.82) is 0 Å². The van der Waals surface area contributed by atoms with Crippen LogP contribution in [0.5, 0.6) is 5.75 Å². The molecule has 52 heavy (non-hydrogen) atoms. The minimum atomic E-state index is -1.63. The van der Waals surface area contributed by atoms with Crippen molar-refractivity contribution in [1.82, 2.24) is 5.01 Å². The van der Waals surface area contributed by atoms with Gasteiger partial charge in [-0.1, -0.05) is 51.3 Å². The normalized spacial score (nSPS) is 26.5. The lowest BCUT2D eigenvalue weighted by Crippen LogP contribution is -2.53. The highest BCUT2D eigenvalue weighted by atomic mass is 79.9. The molecule has 6 atom stereocenters. The summed E-state index contributed by atoms with van der Waals surface area (Å²) in [6.07, 6.45) is 2.13. The molecule has 262 valence electrons. The summed E-state index contributed by atoms with van der Waals surface area (Å²) >= 11 is 9.87. The fraction of sp³-hybridized carbons (Fsp3) is 0.225. The van der Waals surface area contributed by atoms with Crippen LogP contribution in [0.25, 0.3) is 0 Å². The predicted octanol–water partition coefficient (Wildman–Crippen LogP) is 7.34. The standard InChI is InChI=1S/C40H30BrClFN3O6/c1-20(47)21-2-13-27(14-3-21)45-36(49)29-16-15-28-30(34(29)38(45)51)19-32-37(50)46(44-26-11-9-25(43)10-12-26)39(52)40(32,22-4-7-24(42)8-5-22)35(28)31-18-23(41)6-17-33(31)48/h2-15,17-18,29-30,32,34-35,44,48H,16,19H2,1H3. The van der Waals surface area contributed by atoms with Gasteiger partial charge in [-0.05, 0) is 110 Å². The molecular weight excluding hydrogens is 753 g/mol. The fourth-order valence-electron chi connectivity index (χ4n) is 8.86. The molecule has 2 saturated heterocycles. The number of rotatable bonds is 6. The largest absolute Gasteiger partial charge is 0.508 e. The van der Waals surface area contributed by atoms with E-state index in [-0.39, 0.29) is 30.3 Å². The molecule has 2 N–H and O–H groups in total. The lowest BCUT2D eigenvalue weighted by Gasteiger charge is -2.50. The van der Waals surface area contributed by atoms with E-state index in [9.17, 15) is 28.7 Å². The van der Waals surface area contributed by atoms with Crippen molar-refractivity contribution in [3.05, 3.63) is 135 Å². The number of benzene rings is 4. The maximum Gasteiger partial charge on any atom is 0.260 e. The number of anilines is 2. The minimum absolute atomic E-state index is 0.0448. The first-order valence-electron chi connectivity index (χ1n) is 16.8. The van der Waals surface area contributed by atoms with Crippen LogP contribution in [0.1, 0.15) is 47.2 Å².